The first-order valence-electron chi connectivity index (χ1n) is 9.38. The first-order chi connectivity index (χ1) is 12.6. The first kappa shape index (κ1) is 17.1. The van der Waals surface area contributed by atoms with Crippen molar-refractivity contribution in [1.29, 1.82) is 0 Å². The van der Waals surface area contributed by atoms with Crippen LogP contribution in [0.5, 0.6) is 0 Å². The highest BCUT2D eigenvalue weighted by molar-refractivity contribution is 5.69. The van der Waals surface area contributed by atoms with Crippen molar-refractivity contribution in [2.75, 3.05) is 0 Å². The van der Waals surface area contributed by atoms with E-state index in [0.717, 1.165) is 24.0 Å². The summed E-state index contributed by atoms with van der Waals surface area (Å²) in [7, 11) is 0. The van der Waals surface area contributed by atoms with Gasteiger partial charge in [0.2, 0.25) is 0 Å². The van der Waals surface area contributed by atoms with Crippen LogP contribution in [0.3, 0.4) is 0 Å². The minimum atomic E-state index is -0.733. The number of nitrogens with zero attached hydrogens (tertiary/aromatic N) is 1. The zero-order valence-electron chi connectivity index (χ0n) is 14.9. The topological polar surface area (TPSA) is 49.8 Å². The molecule has 0 spiro atoms. The van der Waals surface area contributed by atoms with Crippen LogP contribution in [0.2, 0.25) is 0 Å². The number of benzene rings is 2. The number of carbonyl (C=O) groups excluding carboxylic acids is 1. The fourth-order valence-electron chi connectivity index (χ4n) is 4.53. The zero-order valence-corrected chi connectivity index (χ0v) is 14.9. The van der Waals surface area contributed by atoms with Crippen LogP contribution in [-0.2, 0) is 17.8 Å². The molecule has 26 heavy (non-hydrogen) atoms. The summed E-state index contributed by atoms with van der Waals surface area (Å²) >= 11 is 0. The van der Waals surface area contributed by atoms with Gasteiger partial charge in [-0.1, -0.05) is 60.7 Å². The molecule has 4 nitrogen and oxygen atoms in total. The third kappa shape index (κ3) is 3.61. The maximum atomic E-state index is 12.6. The van der Waals surface area contributed by atoms with E-state index in [-0.39, 0.29) is 18.2 Å². The largest absolute Gasteiger partial charge is 0.445 e. The smallest absolute Gasteiger partial charge is 0.410 e. The Morgan fingerprint density at radius 1 is 0.962 bits per heavy atom. The van der Waals surface area contributed by atoms with Crippen molar-refractivity contribution in [2.45, 2.75) is 56.4 Å². The molecule has 2 unspecified atom stereocenters. The molecule has 2 aromatic rings. The van der Waals surface area contributed by atoms with Crippen LogP contribution in [0.25, 0.3) is 0 Å². The normalized spacial score (nSPS) is 27.3. The summed E-state index contributed by atoms with van der Waals surface area (Å²) in [5.41, 5.74) is 1.41. The molecule has 2 heterocycles. The second-order valence-electron chi connectivity index (χ2n) is 7.63. The van der Waals surface area contributed by atoms with E-state index in [1.165, 1.54) is 0 Å². The van der Waals surface area contributed by atoms with Crippen LogP contribution in [0.1, 0.15) is 36.8 Å². The molecule has 2 aromatic carbocycles. The Hall–Kier alpha value is -2.33. The fraction of sp³-hybridized carbons (Fsp3) is 0.409. The lowest BCUT2D eigenvalue weighted by atomic mass is 9.81. The maximum Gasteiger partial charge on any atom is 0.410 e. The molecule has 0 radical (unpaired) electrons. The quantitative estimate of drug-likeness (QED) is 0.908. The third-order valence-electron chi connectivity index (χ3n) is 5.64. The number of hydrogen-bond acceptors (Lipinski definition) is 3. The summed E-state index contributed by atoms with van der Waals surface area (Å²) in [6.45, 7) is 0.296. The minimum Gasteiger partial charge on any atom is -0.445 e. The van der Waals surface area contributed by atoms with Gasteiger partial charge < -0.3 is 14.7 Å². The van der Waals surface area contributed by atoms with E-state index >= 15 is 0 Å². The van der Waals surface area contributed by atoms with E-state index in [1.807, 2.05) is 53.4 Å². The van der Waals surface area contributed by atoms with E-state index in [2.05, 4.69) is 12.1 Å². The molecule has 1 amide bonds. The van der Waals surface area contributed by atoms with Gasteiger partial charge in [0.1, 0.15) is 6.61 Å². The average molecular weight is 351 g/mol. The number of hydrogen-bond donors (Lipinski definition) is 1. The number of amides is 1. The van der Waals surface area contributed by atoms with Gasteiger partial charge in [-0.25, -0.2) is 4.79 Å². The predicted molar refractivity (Wildman–Crippen MR) is 99.6 cm³/mol. The highest BCUT2D eigenvalue weighted by atomic mass is 16.6. The van der Waals surface area contributed by atoms with Crippen molar-refractivity contribution >= 4 is 6.09 Å². The van der Waals surface area contributed by atoms with Crippen molar-refractivity contribution in [3.63, 3.8) is 0 Å². The lowest BCUT2D eigenvalue weighted by Crippen LogP contribution is -2.54. The number of rotatable bonds is 4. The van der Waals surface area contributed by atoms with Gasteiger partial charge in [0, 0.05) is 18.5 Å². The highest BCUT2D eigenvalue weighted by Gasteiger charge is 2.49. The summed E-state index contributed by atoms with van der Waals surface area (Å²) in [5.74, 6) is 0. The van der Waals surface area contributed by atoms with E-state index in [1.54, 1.807) is 0 Å². The standard InChI is InChI=1S/C22H25NO3/c24-21(26-16-18-9-5-2-6-10-18)23-19-11-12-20(23)15-22(25,14-19)13-17-7-3-1-4-8-17/h1-10,19-20,25H,11-16H2. The Morgan fingerprint density at radius 3 is 2.08 bits per heavy atom. The molecular weight excluding hydrogens is 326 g/mol. The van der Waals surface area contributed by atoms with E-state index < -0.39 is 5.60 Å². The van der Waals surface area contributed by atoms with Gasteiger partial charge in [-0.2, -0.15) is 0 Å². The summed E-state index contributed by atoms with van der Waals surface area (Å²) in [6, 6.07) is 20.0. The first-order valence-corrected chi connectivity index (χ1v) is 9.38. The molecule has 2 atom stereocenters. The molecule has 0 aromatic heterocycles. The summed E-state index contributed by atoms with van der Waals surface area (Å²) in [6.07, 6.45) is 3.54. The van der Waals surface area contributed by atoms with Crippen LogP contribution in [0, 0.1) is 0 Å². The van der Waals surface area contributed by atoms with Crippen molar-refractivity contribution in [3.05, 3.63) is 71.8 Å². The molecule has 2 saturated heterocycles. The average Bonchev–Trinajstić information content (AvgIpc) is 2.94. The molecule has 0 aliphatic carbocycles. The number of carbonyl (C=O) groups is 1. The molecule has 1 N–H and O–H groups in total. The molecule has 4 heteroatoms. The Balaban J connectivity index is 1.39. The summed E-state index contributed by atoms with van der Waals surface area (Å²) in [5, 5.41) is 11.1. The van der Waals surface area contributed by atoms with Crippen molar-refractivity contribution in [3.8, 4) is 0 Å². The van der Waals surface area contributed by atoms with Gasteiger partial charge in [-0.3, -0.25) is 0 Å². The van der Waals surface area contributed by atoms with Crippen LogP contribution in [0.4, 0.5) is 4.79 Å². The van der Waals surface area contributed by atoms with Crippen molar-refractivity contribution < 1.29 is 14.6 Å². The van der Waals surface area contributed by atoms with Gasteiger partial charge in [-0.15, -0.1) is 0 Å². The number of aliphatic hydroxyl groups is 1. The van der Waals surface area contributed by atoms with Gasteiger partial charge in [0.05, 0.1) is 5.60 Å². The third-order valence-corrected chi connectivity index (χ3v) is 5.64. The van der Waals surface area contributed by atoms with Crippen LogP contribution in [-0.4, -0.2) is 33.8 Å². The van der Waals surface area contributed by atoms with E-state index in [9.17, 15) is 9.90 Å². The molecule has 4 rings (SSSR count). The zero-order chi connectivity index (χ0) is 18.0. The molecule has 2 aliphatic heterocycles. The number of ether oxygens (including phenoxy) is 1. The lowest BCUT2D eigenvalue weighted by Gasteiger charge is -2.43. The van der Waals surface area contributed by atoms with E-state index in [4.69, 9.17) is 4.74 Å². The minimum absolute atomic E-state index is 0.0748. The molecular formula is C22H25NO3. The fourth-order valence-corrected chi connectivity index (χ4v) is 4.53. The van der Waals surface area contributed by atoms with Crippen LogP contribution < -0.4 is 0 Å². The molecule has 2 fully saturated rings. The van der Waals surface area contributed by atoms with Gasteiger partial charge in [0.25, 0.3) is 0 Å². The van der Waals surface area contributed by atoms with Crippen LogP contribution >= 0.6 is 0 Å². The van der Waals surface area contributed by atoms with Crippen LogP contribution in [0.15, 0.2) is 60.7 Å². The van der Waals surface area contributed by atoms with Gasteiger partial charge in [-0.05, 0) is 36.8 Å². The summed E-state index contributed by atoms with van der Waals surface area (Å²) in [4.78, 5) is 14.5. The molecule has 0 saturated carbocycles. The predicted octanol–water partition coefficient (Wildman–Crippen LogP) is 3.92. The van der Waals surface area contributed by atoms with Gasteiger partial charge in [0.15, 0.2) is 0 Å². The number of fused-ring (bicyclic) bond motifs is 2. The van der Waals surface area contributed by atoms with Crippen molar-refractivity contribution in [2.24, 2.45) is 0 Å². The maximum absolute atomic E-state index is 12.6. The SMILES string of the molecule is O=C(OCc1ccccc1)N1C2CCC1CC(O)(Cc1ccccc1)C2. The van der Waals surface area contributed by atoms with Gasteiger partial charge >= 0.3 is 6.09 Å². The second kappa shape index (κ2) is 7.12. The Bertz CT molecular complexity index is 732. The number of piperidine rings is 1. The molecule has 136 valence electrons. The lowest BCUT2D eigenvalue weighted by molar-refractivity contribution is -0.0485. The Kier molecular flexibility index (Phi) is 4.68. The molecule has 2 bridgehead atoms. The van der Waals surface area contributed by atoms with E-state index in [0.29, 0.717) is 25.9 Å². The Morgan fingerprint density at radius 2 is 1.50 bits per heavy atom. The summed E-state index contributed by atoms with van der Waals surface area (Å²) < 4.78 is 5.54. The monoisotopic (exact) mass is 351 g/mol. The van der Waals surface area contributed by atoms with Crippen molar-refractivity contribution in [1.82, 2.24) is 4.90 Å². The highest BCUT2D eigenvalue weighted by Crippen LogP contribution is 2.42. The molecule has 2 aliphatic rings. The Labute approximate surface area is 154 Å². The second-order valence-corrected chi connectivity index (χ2v) is 7.63.